The quantitative estimate of drug-likeness (QED) is 0.754. The van der Waals surface area contributed by atoms with Gasteiger partial charge in [0.25, 0.3) is 0 Å². The van der Waals surface area contributed by atoms with E-state index in [2.05, 4.69) is 20.5 Å². The Bertz CT molecular complexity index is 797. The molecular formula is C18H18N4O2. The third-order valence-electron chi connectivity index (χ3n) is 3.55. The molecule has 0 atom stereocenters. The lowest BCUT2D eigenvalue weighted by Crippen LogP contribution is -2.23. The van der Waals surface area contributed by atoms with Gasteiger partial charge in [0.1, 0.15) is 0 Å². The fourth-order valence-electron chi connectivity index (χ4n) is 2.18. The predicted octanol–water partition coefficient (Wildman–Crippen LogP) is 2.69. The van der Waals surface area contributed by atoms with Crippen LogP contribution < -0.4 is 5.32 Å². The summed E-state index contributed by atoms with van der Waals surface area (Å²) in [5, 5.41) is 10.8. The van der Waals surface area contributed by atoms with E-state index in [1.165, 1.54) is 5.56 Å². The first-order chi connectivity index (χ1) is 11.7. The van der Waals surface area contributed by atoms with Gasteiger partial charge in [-0.15, -0.1) is 10.2 Å². The number of hydrogen-bond donors (Lipinski definition) is 1. The first-order valence-electron chi connectivity index (χ1n) is 7.76. The topological polar surface area (TPSA) is 80.9 Å². The Balaban J connectivity index is 1.48. The first kappa shape index (κ1) is 15.9. The normalized spacial score (nSPS) is 10.5. The van der Waals surface area contributed by atoms with E-state index in [9.17, 15) is 4.79 Å². The van der Waals surface area contributed by atoms with E-state index in [1.54, 1.807) is 18.5 Å². The van der Waals surface area contributed by atoms with Crippen molar-refractivity contribution in [3.05, 3.63) is 65.8 Å². The highest BCUT2D eigenvalue weighted by molar-refractivity contribution is 5.76. The SMILES string of the molecule is Cc1ccc(CNC(=O)CCc2nnc(-c3cccnc3)o2)cc1. The van der Waals surface area contributed by atoms with Crippen LogP contribution in [0.1, 0.15) is 23.4 Å². The monoisotopic (exact) mass is 322 g/mol. The van der Waals surface area contributed by atoms with Gasteiger partial charge in [-0.25, -0.2) is 0 Å². The summed E-state index contributed by atoms with van der Waals surface area (Å²) in [5.74, 6) is 0.814. The van der Waals surface area contributed by atoms with Gasteiger partial charge in [-0.2, -0.15) is 0 Å². The van der Waals surface area contributed by atoms with Crippen LogP contribution in [0.25, 0.3) is 11.5 Å². The molecule has 0 saturated heterocycles. The molecule has 0 unspecified atom stereocenters. The summed E-state index contributed by atoms with van der Waals surface area (Å²) in [6.07, 6.45) is 4.05. The van der Waals surface area contributed by atoms with Gasteiger partial charge in [-0.1, -0.05) is 29.8 Å². The van der Waals surface area contributed by atoms with E-state index in [1.807, 2.05) is 37.3 Å². The average Bonchev–Trinajstić information content (AvgIpc) is 3.09. The molecule has 0 radical (unpaired) electrons. The van der Waals surface area contributed by atoms with E-state index >= 15 is 0 Å². The largest absolute Gasteiger partial charge is 0.421 e. The second-order valence-electron chi connectivity index (χ2n) is 5.50. The average molecular weight is 322 g/mol. The van der Waals surface area contributed by atoms with E-state index in [4.69, 9.17) is 4.42 Å². The van der Waals surface area contributed by atoms with Crippen LogP contribution in [-0.4, -0.2) is 21.1 Å². The molecule has 2 heterocycles. The van der Waals surface area contributed by atoms with Gasteiger partial charge in [-0.3, -0.25) is 9.78 Å². The van der Waals surface area contributed by atoms with Crippen molar-refractivity contribution in [2.45, 2.75) is 26.3 Å². The van der Waals surface area contributed by atoms with Gasteiger partial charge in [-0.05, 0) is 24.6 Å². The van der Waals surface area contributed by atoms with Crippen LogP contribution in [0.15, 0.2) is 53.2 Å². The molecule has 0 saturated carbocycles. The molecule has 0 aliphatic carbocycles. The summed E-state index contributed by atoms with van der Waals surface area (Å²) in [5.41, 5.74) is 3.04. The number of aryl methyl sites for hydroxylation is 2. The molecule has 1 aromatic carbocycles. The van der Waals surface area contributed by atoms with Crippen LogP contribution in [0.3, 0.4) is 0 Å². The fourth-order valence-corrected chi connectivity index (χ4v) is 2.18. The molecule has 6 nitrogen and oxygen atoms in total. The first-order valence-corrected chi connectivity index (χ1v) is 7.76. The maximum Gasteiger partial charge on any atom is 0.249 e. The van der Waals surface area contributed by atoms with Crippen molar-refractivity contribution in [2.24, 2.45) is 0 Å². The Morgan fingerprint density at radius 3 is 2.75 bits per heavy atom. The lowest BCUT2D eigenvalue weighted by Gasteiger charge is -2.04. The third-order valence-corrected chi connectivity index (χ3v) is 3.55. The lowest BCUT2D eigenvalue weighted by atomic mass is 10.1. The zero-order valence-corrected chi connectivity index (χ0v) is 13.4. The van der Waals surface area contributed by atoms with Crippen molar-refractivity contribution >= 4 is 5.91 Å². The Hall–Kier alpha value is -3.02. The third kappa shape index (κ3) is 4.25. The molecule has 3 rings (SSSR count). The number of carbonyl (C=O) groups is 1. The second kappa shape index (κ2) is 7.50. The number of nitrogens with one attached hydrogen (secondary N) is 1. The van der Waals surface area contributed by atoms with Gasteiger partial charge in [0.2, 0.25) is 17.7 Å². The molecule has 0 spiro atoms. The number of carbonyl (C=O) groups excluding carboxylic acids is 1. The summed E-state index contributed by atoms with van der Waals surface area (Å²) >= 11 is 0. The van der Waals surface area contributed by atoms with Gasteiger partial charge < -0.3 is 9.73 Å². The molecular weight excluding hydrogens is 304 g/mol. The maximum atomic E-state index is 11.9. The summed E-state index contributed by atoms with van der Waals surface area (Å²) in [7, 11) is 0. The van der Waals surface area contributed by atoms with Crippen molar-refractivity contribution in [3.63, 3.8) is 0 Å². The lowest BCUT2D eigenvalue weighted by molar-refractivity contribution is -0.121. The predicted molar refractivity (Wildman–Crippen MR) is 88.9 cm³/mol. The van der Waals surface area contributed by atoms with Crippen LogP contribution >= 0.6 is 0 Å². The van der Waals surface area contributed by atoms with E-state index < -0.39 is 0 Å². The minimum absolute atomic E-state index is 0.0447. The Morgan fingerprint density at radius 1 is 1.17 bits per heavy atom. The summed E-state index contributed by atoms with van der Waals surface area (Å²) in [4.78, 5) is 15.9. The number of aromatic nitrogens is 3. The van der Waals surface area contributed by atoms with Crippen molar-refractivity contribution in [2.75, 3.05) is 0 Å². The number of amides is 1. The molecule has 0 fully saturated rings. The molecule has 1 N–H and O–H groups in total. The van der Waals surface area contributed by atoms with Gasteiger partial charge >= 0.3 is 0 Å². The molecule has 0 bridgehead atoms. The molecule has 1 amide bonds. The number of pyridine rings is 1. The summed E-state index contributed by atoms with van der Waals surface area (Å²) in [6, 6.07) is 11.7. The van der Waals surface area contributed by atoms with Crippen LogP contribution in [-0.2, 0) is 17.8 Å². The van der Waals surface area contributed by atoms with Crippen LogP contribution in [0.4, 0.5) is 0 Å². The van der Waals surface area contributed by atoms with Crippen LogP contribution in [0.2, 0.25) is 0 Å². The highest BCUT2D eigenvalue weighted by Crippen LogP contribution is 2.16. The smallest absolute Gasteiger partial charge is 0.249 e. The Labute approximate surface area is 140 Å². The minimum Gasteiger partial charge on any atom is -0.421 e. The molecule has 6 heteroatoms. The highest BCUT2D eigenvalue weighted by Gasteiger charge is 2.10. The molecule has 3 aromatic rings. The fraction of sp³-hybridized carbons (Fsp3) is 0.222. The number of nitrogens with zero attached hydrogens (tertiary/aromatic N) is 3. The van der Waals surface area contributed by atoms with Crippen molar-refractivity contribution in [3.8, 4) is 11.5 Å². The van der Waals surface area contributed by atoms with Gasteiger partial charge in [0, 0.05) is 31.8 Å². The van der Waals surface area contributed by atoms with Gasteiger partial charge in [0.15, 0.2) is 0 Å². The van der Waals surface area contributed by atoms with E-state index in [0.29, 0.717) is 31.2 Å². The Morgan fingerprint density at radius 2 is 2.00 bits per heavy atom. The maximum absolute atomic E-state index is 11.9. The van der Waals surface area contributed by atoms with E-state index in [0.717, 1.165) is 11.1 Å². The second-order valence-corrected chi connectivity index (χ2v) is 5.50. The van der Waals surface area contributed by atoms with E-state index in [-0.39, 0.29) is 5.91 Å². The molecule has 122 valence electrons. The number of benzene rings is 1. The molecule has 0 aliphatic heterocycles. The van der Waals surface area contributed by atoms with Crippen molar-refractivity contribution in [1.29, 1.82) is 0 Å². The van der Waals surface area contributed by atoms with Crippen LogP contribution in [0, 0.1) is 6.92 Å². The Kier molecular flexibility index (Phi) is 4.96. The summed E-state index contributed by atoms with van der Waals surface area (Å²) in [6.45, 7) is 2.55. The zero-order chi connectivity index (χ0) is 16.8. The van der Waals surface area contributed by atoms with Crippen molar-refractivity contribution < 1.29 is 9.21 Å². The molecule has 2 aromatic heterocycles. The number of hydrogen-bond acceptors (Lipinski definition) is 5. The molecule has 24 heavy (non-hydrogen) atoms. The number of rotatable bonds is 6. The van der Waals surface area contributed by atoms with Crippen LogP contribution in [0.5, 0.6) is 0 Å². The van der Waals surface area contributed by atoms with Crippen molar-refractivity contribution in [1.82, 2.24) is 20.5 Å². The van der Waals surface area contributed by atoms with Gasteiger partial charge in [0.05, 0.1) is 5.56 Å². The highest BCUT2D eigenvalue weighted by atomic mass is 16.4. The zero-order valence-electron chi connectivity index (χ0n) is 13.4. The molecule has 0 aliphatic rings. The minimum atomic E-state index is -0.0447. The summed E-state index contributed by atoms with van der Waals surface area (Å²) < 4.78 is 5.55. The standard InChI is InChI=1S/C18H18N4O2/c1-13-4-6-14(7-5-13)11-20-16(23)8-9-17-21-22-18(24-17)15-3-2-10-19-12-15/h2-7,10,12H,8-9,11H2,1H3,(H,20,23).